The van der Waals surface area contributed by atoms with E-state index in [4.69, 9.17) is 0 Å². The van der Waals surface area contributed by atoms with Gasteiger partial charge in [0.2, 0.25) is 0 Å². The van der Waals surface area contributed by atoms with Crippen LogP contribution in [0.25, 0.3) is 0 Å². The Morgan fingerprint density at radius 3 is 2.00 bits per heavy atom. The van der Waals surface area contributed by atoms with Crippen molar-refractivity contribution in [1.82, 2.24) is 0 Å². The molecule has 0 aliphatic heterocycles. The molecule has 1 nitrogen and oxygen atoms in total. The van der Waals surface area contributed by atoms with Gasteiger partial charge in [-0.3, -0.25) is 0 Å². The molecule has 0 aliphatic carbocycles. The van der Waals surface area contributed by atoms with Crippen LogP contribution >= 0.6 is 0 Å². The molecular formula is C18H28NSe. The number of hydrogen-bond acceptors (Lipinski definition) is 1. The van der Waals surface area contributed by atoms with Crippen LogP contribution in [0.4, 0.5) is 0 Å². The molecule has 1 aromatic rings. The summed E-state index contributed by atoms with van der Waals surface area (Å²) in [5, 5.41) is 0. The van der Waals surface area contributed by atoms with Crippen LogP contribution in [0.5, 0.6) is 0 Å². The third-order valence-electron chi connectivity index (χ3n) is 3.54. The van der Waals surface area contributed by atoms with Gasteiger partial charge in [-0.1, -0.05) is 6.92 Å². The van der Waals surface area contributed by atoms with Crippen molar-refractivity contribution in [2.45, 2.75) is 64.7 Å². The summed E-state index contributed by atoms with van der Waals surface area (Å²) in [5.41, 5.74) is 1.20. The van der Waals surface area contributed by atoms with E-state index in [1.807, 2.05) is 6.07 Å². The van der Waals surface area contributed by atoms with Gasteiger partial charge in [0, 0.05) is 0 Å². The molecule has 0 saturated heterocycles. The molecule has 20 heavy (non-hydrogen) atoms. The van der Waals surface area contributed by atoms with E-state index in [-0.39, 0.29) is 0 Å². The van der Waals surface area contributed by atoms with E-state index in [0.717, 1.165) is 11.2 Å². The zero-order valence-electron chi connectivity index (χ0n) is 12.8. The molecule has 111 valence electrons. The fourth-order valence-corrected chi connectivity index (χ4v) is 2.75. The van der Waals surface area contributed by atoms with Crippen molar-refractivity contribution in [3.05, 3.63) is 35.9 Å². The first-order valence-electron chi connectivity index (χ1n) is 8.11. The van der Waals surface area contributed by atoms with Crippen LogP contribution in [-0.4, -0.2) is 27.2 Å². The van der Waals surface area contributed by atoms with Gasteiger partial charge in [0.1, 0.15) is 0 Å². The van der Waals surface area contributed by atoms with E-state index in [2.05, 4.69) is 52.2 Å². The fourth-order valence-electron chi connectivity index (χ4n) is 2.28. The summed E-state index contributed by atoms with van der Waals surface area (Å²) in [4.78, 5) is 4.61. The van der Waals surface area contributed by atoms with E-state index in [1.54, 1.807) is 0 Å². The number of benzene rings is 1. The molecule has 1 rings (SSSR count). The minimum absolute atomic E-state index is 0.951. The summed E-state index contributed by atoms with van der Waals surface area (Å²) in [6.45, 7) is 3.22. The Balaban J connectivity index is 1.99. The van der Waals surface area contributed by atoms with Crippen molar-refractivity contribution in [2.24, 2.45) is 4.99 Å². The molecule has 0 N–H and O–H groups in total. The zero-order valence-corrected chi connectivity index (χ0v) is 14.5. The van der Waals surface area contributed by atoms with E-state index in [1.165, 1.54) is 63.4 Å². The molecule has 2 heteroatoms. The van der Waals surface area contributed by atoms with Gasteiger partial charge in [-0.15, -0.1) is 0 Å². The molecule has 0 heterocycles. The first kappa shape index (κ1) is 17.5. The van der Waals surface area contributed by atoms with Gasteiger partial charge >= 0.3 is 126 Å². The number of aliphatic imine (C=N–C) groups is 1. The van der Waals surface area contributed by atoms with Gasteiger partial charge in [0.25, 0.3) is 0 Å². The molecule has 1 radical (unpaired) electrons. The number of nitrogens with zero attached hydrogens (tertiary/aromatic N) is 1. The monoisotopic (exact) mass is 338 g/mol. The van der Waals surface area contributed by atoms with Crippen molar-refractivity contribution in [3.8, 4) is 0 Å². The van der Waals surface area contributed by atoms with Crippen LogP contribution in [0.15, 0.2) is 35.3 Å². The van der Waals surface area contributed by atoms with E-state index >= 15 is 0 Å². The molecule has 0 bridgehead atoms. The Labute approximate surface area is 133 Å². The Morgan fingerprint density at radius 1 is 0.850 bits per heavy atom. The summed E-state index contributed by atoms with van der Waals surface area (Å²) < 4.78 is 1.05. The van der Waals surface area contributed by atoms with Crippen LogP contribution in [-0.2, 0) is 0 Å². The van der Waals surface area contributed by atoms with Crippen molar-refractivity contribution >= 4 is 20.6 Å². The topological polar surface area (TPSA) is 12.4 Å². The van der Waals surface area contributed by atoms with Crippen LogP contribution < -0.4 is 0 Å². The predicted molar refractivity (Wildman–Crippen MR) is 90.8 cm³/mol. The molecule has 0 spiro atoms. The normalized spacial score (nSPS) is 11.8. The standard InChI is InChI=1S/C18H28NSe/c1-2-3-4-5-6-7-8-9-13-16-19-18(20)17-14-11-10-12-15-17/h10-12,14-15H,2-9,13,16H2,1H3. The molecule has 0 aliphatic rings. The molecule has 0 amide bonds. The Bertz CT molecular complexity index is 359. The van der Waals surface area contributed by atoms with Crippen molar-refractivity contribution in [3.63, 3.8) is 0 Å². The third-order valence-corrected chi connectivity index (χ3v) is 4.30. The Hall–Kier alpha value is -0.591. The second-order valence-corrected chi connectivity index (χ2v) is 6.19. The molecule has 0 aromatic heterocycles. The van der Waals surface area contributed by atoms with Crippen molar-refractivity contribution < 1.29 is 0 Å². The van der Waals surface area contributed by atoms with Crippen molar-refractivity contribution in [2.75, 3.05) is 6.54 Å². The van der Waals surface area contributed by atoms with E-state index < -0.39 is 0 Å². The van der Waals surface area contributed by atoms with E-state index in [9.17, 15) is 0 Å². The minimum atomic E-state index is 0.951. The second-order valence-electron chi connectivity index (χ2n) is 5.38. The first-order valence-corrected chi connectivity index (χ1v) is 8.97. The molecule has 1 aromatic carbocycles. The first-order chi connectivity index (χ1) is 9.84. The van der Waals surface area contributed by atoms with Crippen LogP contribution in [0.3, 0.4) is 0 Å². The average Bonchev–Trinajstić information content (AvgIpc) is 2.50. The third kappa shape index (κ3) is 8.55. The van der Waals surface area contributed by atoms with Gasteiger partial charge in [-0.05, 0) is 0 Å². The Morgan fingerprint density at radius 2 is 1.40 bits per heavy atom. The second kappa shape index (κ2) is 12.2. The van der Waals surface area contributed by atoms with Gasteiger partial charge in [0.05, 0.1) is 0 Å². The van der Waals surface area contributed by atoms with Crippen LogP contribution in [0, 0.1) is 0 Å². The van der Waals surface area contributed by atoms with Gasteiger partial charge in [-0.25, -0.2) is 0 Å². The summed E-state index contributed by atoms with van der Waals surface area (Å²) in [5.74, 6) is 0. The number of rotatable bonds is 11. The molecule has 0 fully saturated rings. The molecule has 0 atom stereocenters. The summed E-state index contributed by atoms with van der Waals surface area (Å²) in [6, 6.07) is 10.4. The Kier molecular flexibility index (Phi) is 10.6. The summed E-state index contributed by atoms with van der Waals surface area (Å²) >= 11 is 3.07. The summed E-state index contributed by atoms with van der Waals surface area (Å²) in [6.07, 6.45) is 12.3. The maximum atomic E-state index is 4.61. The van der Waals surface area contributed by atoms with Crippen LogP contribution in [0.2, 0.25) is 0 Å². The van der Waals surface area contributed by atoms with Gasteiger partial charge in [-0.2, -0.15) is 0 Å². The molecule has 0 unspecified atom stereocenters. The molecular weight excluding hydrogens is 309 g/mol. The SMILES string of the molecule is CCCCCCCCCCCN=C([Se])c1ccccc1. The van der Waals surface area contributed by atoms with Gasteiger partial charge < -0.3 is 0 Å². The van der Waals surface area contributed by atoms with Gasteiger partial charge in [0.15, 0.2) is 0 Å². The maximum absolute atomic E-state index is 4.61. The summed E-state index contributed by atoms with van der Waals surface area (Å²) in [7, 11) is 0. The quantitative estimate of drug-likeness (QED) is 0.301. The molecule has 0 saturated carbocycles. The number of hydrogen-bond donors (Lipinski definition) is 0. The zero-order chi connectivity index (χ0) is 14.5. The average molecular weight is 337 g/mol. The van der Waals surface area contributed by atoms with Crippen LogP contribution in [0.1, 0.15) is 70.3 Å². The number of unbranched alkanes of at least 4 members (excludes halogenated alkanes) is 8. The van der Waals surface area contributed by atoms with Crippen molar-refractivity contribution in [1.29, 1.82) is 0 Å². The van der Waals surface area contributed by atoms with E-state index in [0.29, 0.717) is 0 Å². The fraction of sp³-hybridized carbons (Fsp3) is 0.611. The predicted octanol–water partition coefficient (Wildman–Crippen LogP) is 5.13.